The van der Waals surface area contributed by atoms with Gasteiger partial charge >= 0.3 is 5.97 Å². The molecule has 0 unspecified atom stereocenters. The Bertz CT molecular complexity index is 1160. The van der Waals surface area contributed by atoms with Gasteiger partial charge in [0, 0.05) is 5.69 Å². The van der Waals surface area contributed by atoms with E-state index in [0.29, 0.717) is 10.6 Å². The molecular weight excluding hydrogens is 526 g/mol. The number of fused-ring (bicyclic) bond motifs is 1. The van der Waals surface area contributed by atoms with E-state index in [0.717, 1.165) is 11.1 Å². The average Bonchev–Trinajstić information content (AvgIpc) is 2.99. The zero-order valence-corrected chi connectivity index (χ0v) is 21.6. The highest BCUT2D eigenvalue weighted by Gasteiger charge is 2.48. The van der Waals surface area contributed by atoms with Crippen molar-refractivity contribution in [3.05, 3.63) is 60.5 Å². The second-order valence-electron chi connectivity index (χ2n) is 8.21. The normalized spacial score (nSPS) is 13.9. The quantitative estimate of drug-likeness (QED) is 0.217. The molecule has 0 saturated heterocycles. The predicted octanol–water partition coefficient (Wildman–Crippen LogP) is 5.72. The number of amides is 3. The second-order valence-corrected chi connectivity index (χ2v) is 9.72. The highest BCUT2D eigenvalue weighted by molar-refractivity contribution is 6.55. The molecular formula is C23H20Cl4N2O5. The number of rotatable bonds is 6. The number of nitrogens with zero attached hydrogens (tertiary/aromatic N) is 1. The van der Waals surface area contributed by atoms with Crippen LogP contribution < -0.4 is 5.32 Å². The Morgan fingerprint density at radius 3 is 1.79 bits per heavy atom. The van der Waals surface area contributed by atoms with E-state index in [9.17, 15) is 19.2 Å². The molecule has 3 rings (SSSR count). The molecule has 0 aromatic heterocycles. The van der Waals surface area contributed by atoms with Crippen LogP contribution in [0.25, 0.3) is 0 Å². The van der Waals surface area contributed by atoms with Crippen molar-refractivity contribution in [3.8, 4) is 0 Å². The summed E-state index contributed by atoms with van der Waals surface area (Å²) >= 11 is 24.4. The minimum Gasteiger partial charge on any atom is -0.454 e. The number of hydrogen-bond acceptors (Lipinski definition) is 5. The maximum Gasteiger partial charge on any atom is 0.330 e. The van der Waals surface area contributed by atoms with Crippen molar-refractivity contribution in [1.29, 1.82) is 0 Å². The molecule has 0 saturated carbocycles. The molecule has 7 nitrogen and oxygen atoms in total. The summed E-state index contributed by atoms with van der Waals surface area (Å²) in [6.07, 6.45) is 0. The Kier molecular flexibility index (Phi) is 7.82. The first-order valence-corrected chi connectivity index (χ1v) is 11.6. The largest absolute Gasteiger partial charge is 0.454 e. The number of esters is 1. The third-order valence-corrected chi connectivity index (χ3v) is 6.94. The van der Waals surface area contributed by atoms with Gasteiger partial charge in [0.25, 0.3) is 17.7 Å². The molecule has 34 heavy (non-hydrogen) atoms. The van der Waals surface area contributed by atoms with Gasteiger partial charge in [-0.3, -0.25) is 19.3 Å². The molecule has 3 amide bonds. The second kappa shape index (κ2) is 10.1. The molecule has 0 aliphatic carbocycles. The van der Waals surface area contributed by atoms with Crippen molar-refractivity contribution in [2.45, 2.75) is 33.7 Å². The van der Waals surface area contributed by atoms with E-state index in [-0.39, 0.29) is 31.2 Å². The molecule has 2 aromatic rings. The van der Waals surface area contributed by atoms with Crippen molar-refractivity contribution in [1.82, 2.24) is 4.90 Å². The minimum absolute atomic E-state index is 0.179. The van der Waals surface area contributed by atoms with E-state index in [1.807, 2.05) is 19.9 Å². The standard InChI is InChI=1S/C23H20Cl4N2O5/c1-9(2)20(23(33)34-8-13(30)28-12-6-10(3)5-11(4)7-12)29-21(31)14-15(22(29)32)17(25)19(27)18(26)16(14)24/h5-7,9,20H,8H2,1-4H3,(H,28,30)/t20-/m0/s1. The summed E-state index contributed by atoms with van der Waals surface area (Å²) in [4.78, 5) is 52.2. The summed E-state index contributed by atoms with van der Waals surface area (Å²) in [5.41, 5.74) is 1.98. The van der Waals surface area contributed by atoms with Crippen molar-refractivity contribution in [2.75, 3.05) is 11.9 Å². The summed E-state index contributed by atoms with van der Waals surface area (Å²) in [6.45, 7) is 6.40. The van der Waals surface area contributed by atoms with E-state index >= 15 is 0 Å². The van der Waals surface area contributed by atoms with Crippen LogP contribution >= 0.6 is 46.4 Å². The summed E-state index contributed by atoms with van der Waals surface area (Å²) in [7, 11) is 0. The molecule has 0 spiro atoms. The molecule has 0 bridgehead atoms. The monoisotopic (exact) mass is 544 g/mol. The molecule has 180 valence electrons. The lowest BCUT2D eigenvalue weighted by Crippen LogP contribution is -2.49. The zero-order chi connectivity index (χ0) is 25.5. The van der Waals surface area contributed by atoms with Crippen molar-refractivity contribution >= 4 is 75.8 Å². The molecule has 2 aromatic carbocycles. The van der Waals surface area contributed by atoms with Crippen LogP contribution in [0.5, 0.6) is 0 Å². The van der Waals surface area contributed by atoms with E-state index in [2.05, 4.69) is 5.32 Å². The van der Waals surface area contributed by atoms with E-state index in [4.69, 9.17) is 51.1 Å². The number of aryl methyl sites for hydroxylation is 2. The lowest BCUT2D eigenvalue weighted by atomic mass is 10.0. The van der Waals surface area contributed by atoms with Crippen LogP contribution in [0.4, 0.5) is 5.69 Å². The van der Waals surface area contributed by atoms with Gasteiger partial charge in [0.05, 0.1) is 31.2 Å². The van der Waals surface area contributed by atoms with Gasteiger partial charge in [0.15, 0.2) is 6.61 Å². The number of halogens is 4. The molecule has 11 heteroatoms. The first-order chi connectivity index (χ1) is 15.8. The van der Waals surface area contributed by atoms with Gasteiger partial charge in [-0.2, -0.15) is 0 Å². The van der Waals surface area contributed by atoms with Gasteiger partial charge in [-0.1, -0.05) is 66.3 Å². The summed E-state index contributed by atoms with van der Waals surface area (Å²) in [6, 6.07) is 4.15. The number of anilines is 1. The lowest BCUT2D eigenvalue weighted by Gasteiger charge is -2.27. The van der Waals surface area contributed by atoms with Crippen LogP contribution in [0.1, 0.15) is 45.7 Å². The molecule has 1 heterocycles. The number of imide groups is 1. The fourth-order valence-corrected chi connectivity index (χ4v) is 4.78. The topological polar surface area (TPSA) is 92.8 Å². The Labute approximate surface area is 216 Å². The van der Waals surface area contributed by atoms with Crippen LogP contribution in [0, 0.1) is 19.8 Å². The molecule has 1 aliphatic rings. The Morgan fingerprint density at radius 2 is 1.35 bits per heavy atom. The highest BCUT2D eigenvalue weighted by atomic mass is 35.5. The minimum atomic E-state index is -1.34. The van der Waals surface area contributed by atoms with Crippen LogP contribution in [0.15, 0.2) is 18.2 Å². The summed E-state index contributed by atoms with van der Waals surface area (Å²) in [5, 5.41) is 1.81. The van der Waals surface area contributed by atoms with Crippen LogP contribution in [-0.4, -0.2) is 41.2 Å². The fraction of sp³-hybridized carbons (Fsp3) is 0.304. The van der Waals surface area contributed by atoms with Gasteiger partial charge in [-0.25, -0.2) is 4.79 Å². The lowest BCUT2D eigenvalue weighted by molar-refractivity contribution is -0.152. The Balaban J connectivity index is 1.81. The summed E-state index contributed by atoms with van der Waals surface area (Å²) in [5.74, 6) is -3.79. The first-order valence-electron chi connectivity index (χ1n) is 10.1. The van der Waals surface area contributed by atoms with Crippen LogP contribution in [0.3, 0.4) is 0 Å². The number of benzene rings is 2. The van der Waals surface area contributed by atoms with Gasteiger partial charge in [0.1, 0.15) is 6.04 Å². The number of carbonyl (C=O) groups excluding carboxylic acids is 4. The Morgan fingerprint density at radius 1 is 0.882 bits per heavy atom. The molecule has 1 N–H and O–H groups in total. The smallest absolute Gasteiger partial charge is 0.330 e. The van der Waals surface area contributed by atoms with Gasteiger partial charge in [-0.05, 0) is 43.0 Å². The number of nitrogens with one attached hydrogen (secondary N) is 1. The maximum atomic E-state index is 13.1. The maximum absolute atomic E-state index is 13.1. The van der Waals surface area contributed by atoms with Crippen molar-refractivity contribution in [3.63, 3.8) is 0 Å². The molecule has 1 atom stereocenters. The molecule has 0 fully saturated rings. The zero-order valence-electron chi connectivity index (χ0n) is 18.6. The highest BCUT2D eigenvalue weighted by Crippen LogP contribution is 2.45. The van der Waals surface area contributed by atoms with Gasteiger partial charge in [0.2, 0.25) is 0 Å². The van der Waals surface area contributed by atoms with E-state index in [1.54, 1.807) is 26.0 Å². The molecule has 0 radical (unpaired) electrons. The Hall–Kier alpha value is -2.32. The number of carbonyl (C=O) groups is 4. The molecule has 1 aliphatic heterocycles. The number of ether oxygens (including phenoxy) is 1. The average molecular weight is 546 g/mol. The fourth-order valence-electron chi connectivity index (χ4n) is 3.76. The van der Waals surface area contributed by atoms with Crippen LogP contribution in [-0.2, 0) is 14.3 Å². The van der Waals surface area contributed by atoms with E-state index in [1.165, 1.54) is 0 Å². The van der Waals surface area contributed by atoms with Crippen molar-refractivity contribution < 1.29 is 23.9 Å². The van der Waals surface area contributed by atoms with Crippen molar-refractivity contribution in [2.24, 2.45) is 5.92 Å². The summed E-state index contributed by atoms with van der Waals surface area (Å²) < 4.78 is 5.16. The number of hydrogen-bond donors (Lipinski definition) is 1. The van der Waals surface area contributed by atoms with Gasteiger partial charge in [-0.15, -0.1) is 0 Å². The van der Waals surface area contributed by atoms with Gasteiger partial charge < -0.3 is 10.1 Å². The van der Waals surface area contributed by atoms with Crippen LogP contribution in [0.2, 0.25) is 20.1 Å². The van der Waals surface area contributed by atoms with E-state index < -0.39 is 42.3 Å². The SMILES string of the molecule is Cc1cc(C)cc(NC(=O)COC(=O)[C@H](C(C)C)N2C(=O)c3c(Cl)c(Cl)c(Cl)c(Cl)c3C2=O)c1. The third-order valence-electron chi connectivity index (χ3n) is 5.13. The predicted molar refractivity (Wildman–Crippen MR) is 131 cm³/mol. The third kappa shape index (κ3) is 4.89. The first kappa shape index (κ1) is 26.3.